The average molecular weight is 385 g/mol. The number of ether oxygens (including phenoxy) is 2. The predicted molar refractivity (Wildman–Crippen MR) is 103 cm³/mol. The number of carbonyl (C=O) groups is 1. The normalized spacial score (nSPS) is 19.8. The Labute approximate surface area is 164 Å². The van der Waals surface area contributed by atoms with E-state index in [2.05, 4.69) is 20.5 Å². The maximum absolute atomic E-state index is 12.5. The van der Waals surface area contributed by atoms with Gasteiger partial charge in [-0.25, -0.2) is 4.68 Å². The first-order valence-corrected chi connectivity index (χ1v) is 9.93. The third-order valence-electron chi connectivity index (χ3n) is 5.46. The second-order valence-corrected chi connectivity index (χ2v) is 7.30. The smallest absolute Gasteiger partial charge is 0.273 e. The van der Waals surface area contributed by atoms with Gasteiger partial charge in [-0.05, 0) is 43.6 Å². The van der Waals surface area contributed by atoms with Gasteiger partial charge in [-0.3, -0.25) is 4.79 Å². The van der Waals surface area contributed by atoms with Gasteiger partial charge in [0.05, 0.1) is 26.0 Å². The predicted octanol–water partition coefficient (Wildman–Crippen LogP) is 1.77. The largest absolute Gasteiger partial charge is 0.497 e. The summed E-state index contributed by atoms with van der Waals surface area (Å²) in [6, 6.07) is 7.80. The molecule has 4 rings (SSSR count). The van der Waals surface area contributed by atoms with Crippen LogP contribution in [0.4, 0.5) is 0 Å². The van der Waals surface area contributed by atoms with Gasteiger partial charge >= 0.3 is 0 Å². The quantitative estimate of drug-likeness (QED) is 0.816. The van der Waals surface area contributed by atoms with Gasteiger partial charge in [-0.1, -0.05) is 23.8 Å². The number of hydrogen-bond acceptors (Lipinski definition) is 6. The zero-order chi connectivity index (χ0) is 19.3. The van der Waals surface area contributed by atoms with Crippen molar-refractivity contribution in [2.75, 3.05) is 33.3 Å². The van der Waals surface area contributed by atoms with Gasteiger partial charge in [0.1, 0.15) is 11.9 Å². The number of nitrogens with one attached hydrogen (secondary N) is 1. The SMILES string of the molecule is COc1ccc([C@H]2Cn3nnc(C(=O)NCCN4CCCCC4)c3CO2)cc1. The van der Waals surface area contributed by atoms with Crippen LogP contribution in [-0.2, 0) is 17.9 Å². The van der Waals surface area contributed by atoms with E-state index in [0.717, 1.165) is 36.6 Å². The Morgan fingerprint density at radius 3 is 2.79 bits per heavy atom. The number of hydrogen-bond donors (Lipinski definition) is 1. The van der Waals surface area contributed by atoms with Gasteiger partial charge in [0, 0.05) is 13.1 Å². The van der Waals surface area contributed by atoms with Crippen LogP contribution in [0.25, 0.3) is 0 Å². The summed E-state index contributed by atoms with van der Waals surface area (Å²) in [5.74, 6) is 0.634. The minimum absolute atomic E-state index is 0.116. The zero-order valence-corrected chi connectivity index (χ0v) is 16.3. The first-order valence-electron chi connectivity index (χ1n) is 9.93. The van der Waals surface area contributed by atoms with E-state index in [9.17, 15) is 4.79 Å². The number of amides is 1. The number of fused-ring (bicyclic) bond motifs is 1. The van der Waals surface area contributed by atoms with E-state index in [1.54, 1.807) is 11.8 Å². The van der Waals surface area contributed by atoms with Crippen LogP contribution in [0.3, 0.4) is 0 Å². The van der Waals surface area contributed by atoms with E-state index < -0.39 is 0 Å². The summed E-state index contributed by atoms with van der Waals surface area (Å²) < 4.78 is 13.0. The molecule has 2 aliphatic rings. The van der Waals surface area contributed by atoms with Crippen molar-refractivity contribution in [2.24, 2.45) is 0 Å². The maximum atomic E-state index is 12.5. The molecule has 1 fully saturated rings. The zero-order valence-electron chi connectivity index (χ0n) is 16.3. The topological polar surface area (TPSA) is 81.5 Å². The van der Waals surface area contributed by atoms with Crippen LogP contribution < -0.4 is 10.1 Å². The summed E-state index contributed by atoms with van der Waals surface area (Å²) >= 11 is 0. The molecule has 0 unspecified atom stereocenters. The summed E-state index contributed by atoms with van der Waals surface area (Å²) in [6.07, 6.45) is 3.69. The standard InChI is InChI=1S/C20H27N5O3/c1-27-16-7-5-15(6-8-16)18-13-25-17(14-28-18)19(22-23-25)20(26)21-9-12-24-10-3-2-4-11-24/h5-8,18H,2-4,9-14H2,1H3,(H,21,26)/t18-/m1/s1. The number of benzene rings is 1. The van der Waals surface area contributed by atoms with Crippen molar-refractivity contribution < 1.29 is 14.3 Å². The van der Waals surface area contributed by atoms with Crippen molar-refractivity contribution in [3.8, 4) is 5.75 Å². The van der Waals surface area contributed by atoms with Crippen molar-refractivity contribution in [3.63, 3.8) is 0 Å². The lowest BCUT2D eigenvalue weighted by Crippen LogP contribution is -2.38. The lowest BCUT2D eigenvalue weighted by molar-refractivity contribution is -0.00179. The average Bonchev–Trinajstić information content (AvgIpc) is 3.18. The molecule has 3 heterocycles. The lowest BCUT2D eigenvalue weighted by atomic mass is 10.1. The highest BCUT2D eigenvalue weighted by molar-refractivity contribution is 5.93. The van der Waals surface area contributed by atoms with E-state index in [0.29, 0.717) is 25.4 Å². The van der Waals surface area contributed by atoms with Crippen LogP contribution in [0.15, 0.2) is 24.3 Å². The number of rotatable bonds is 6. The molecule has 8 heteroatoms. The highest BCUT2D eigenvalue weighted by Crippen LogP contribution is 2.28. The maximum Gasteiger partial charge on any atom is 0.273 e. The molecule has 8 nitrogen and oxygen atoms in total. The third kappa shape index (κ3) is 4.18. The summed E-state index contributed by atoms with van der Waals surface area (Å²) in [5.41, 5.74) is 2.15. The number of piperidine rings is 1. The van der Waals surface area contributed by atoms with Crippen molar-refractivity contribution in [1.29, 1.82) is 0 Å². The first-order chi connectivity index (χ1) is 13.7. The molecule has 2 aromatic rings. The van der Waals surface area contributed by atoms with Crippen LogP contribution >= 0.6 is 0 Å². The second kappa shape index (κ2) is 8.70. The molecule has 0 radical (unpaired) electrons. The minimum atomic E-state index is -0.176. The van der Waals surface area contributed by atoms with Gasteiger partial charge in [0.15, 0.2) is 5.69 Å². The Balaban J connectivity index is 1.34. The molecular weight excluding hydrogens is 358 g/mol. The molecule has 0 spiro atoms. The minimum Gasteiger partial charge on any atom is -0.497 e. The first kappa shape index (κ1) is 18.9. The monoisotopic (exact) mass is 385 g/mol. The number of methoxy groups -OCH3 is 1. The van der Waals surface area contributed by atoms with Crippen LogP contribution in [0, 0.1) is 0 Å². The van der Waals surface area contributed by atoms with Crippen LogP contribution in [-0.4, -0.2) is 59.1 Å². The van der Waals surface area contributed by atoms with Crippen molar-refractivity contribution in [3.05, 3.63) is 41.2 Å². The highest BCUT2D eigenvalue weighted by atomic mass is 16.5. The van der Waals surface area contributed by atoms with Crippen LogP contribution in [0.1, 0.15) is 47.1 Å². The fraction of sp³-hybridized carbons (Fsp3) is 0.550. The molecule has 2 aliphatic heterocycles. The highest BCUT2D eigenvalue weighted by Gasteiger charge is 2.27. The van der Waals surface area contributed by atoms with E-state index in [-0.39, 0.29) is 12.0 Å². The van der Waals surface area contributed by atoms with Gasteiger partial charge in [-0.2, -0.15) is 0 Å². The van der Waals surface area contributed by atoms with E-state index in [4.69, 9.17) is 9.47 Å². The molecule has 0 aliphatic carbocycles. The van der Waals surface area contributed by atoms with Crippen molar-refractivity contribution in [1.82, 2.24) is 25.2 Å². The molecule has 1 atom stereocenters. The van der Waals surface area contributed by atoms with E-state index in [1.165, 1.54) is 19.3 Å². The number of aromatic nitrogens is 3. The number of nitrogens with zero attached hydrogens (tertiary/aromatic N) is 4. The Hall–Kier alpha value is -2.45. The number of carbonyl (C=O) groups excluding carboxylic acids is 1. The Morgan fingerprint density at radius 2 is 2.04 bits per heavy atom. The van der Waals surface area contributed by atoms with Crippen LogP contribution in [0.5, 0.6) is 5.75 Å². The number of likely N-dealkylation sites (tertiary alicyclic amines) is 1. The Morgan fingerprint density at radius 1 is 1.25 bits per heavy atom. The summed E-state index contributed by atoms with van der Waals surface area (Å²) in [4.78, 5) is 14.9. The Bertz CT molecular complexity index is 799. The summed E-state index contributed by atoms with van der Waals surface area (Å²) in [7, 11) is 1.65. The van der Waals surface area contributed by atoms with E-state index in [1.807, 2.05) is 24.3 Å². The Kier molecular flexibility index (Phi) is 5.87. The van der Waals surface area contributed by atoms with Crippen molar-refractivity contribution >= 4 is 5.91 Å². The van der Waals surface area contributed by atoms with Gasteiger partial charge < -0.3 is 19.7 Å². The fourth-order valence-corrected chi connectivity index (χ4v) is 3.80. The van der Waals surface area contributed by atoms with Crippen LogP contribution in [0.2, 0.25) is 0 Å². The molecule has 1 saturated heterocycles. The second-order valence-electron chi connectivity index (χ2n) is 7.30. The molecule has 0 bridgehead atoms. The molecule has 1 N–H and O–H groups in total. The third-order valence-corrected chi connectivity index (χ3v) is 5.46. The molecule has 1 aromatic heterocycles. The fourth-order valence-electron chi connectivity index (χ4n) is 3.80. The van der Waals surface area contributed by atoms with Gasteiger partial charge in [-0.15, -0.1) is 5.10 Å². The van der Waals surface area contributed by atoms with Crippen molar-refractivity contribution in [2.45, 2.75) is 38.5 Å². The summed E-state index contributed by atoms with van der Waals surface area (Å²) in [6.45, 7) is 4.61. The molecule has 28 heavy (non-hydrogen) atoms. The van der Waals surface area contributed by atoms with Gasteiger partial charge in [0.2, 0.25) is 0 Å². The molecule has 1 amide bonds. The lowest BCUT2D eigenvalue weighted by Gasteiger charge is -2.26. The molecule has 150 valence electrons. The van der Waals surface area contributed by atoms with Gasteiger partial charge in [0.25, 0.3) is 5.91 Å². The van der Waals surface area contributed by atoms with E-state index >= 15 is 0 Å². The molecular formula is C20H27N5O3. The summed E-state index contributed by atoms with van der Waals surface area (Å²) in [5, 5.41) is 11.3. The molecule has 1 aromatic carbocycles. The molecule has 0 saturated carbocycles.